The van der Waals surface area contributed by atoms with E-state index in [1.807, 2.05) is 13.0 Å². The lowest BCUT2D eigenvalue weighted by atomic mass is 9.81. The Bertz CT molecular complexity index is 881. The number of nitrogens with one attached hydrogen (secondary N) is 1. The van der Waals surface area contributed by atoms with Gasteiger partial charge in [0.05, 0.1) is 0 Å². The van der Waals surface area contributed by atoms with E-state index in [-0.39, 0.29) is 0 Å². The van der Waals surface area contributed by atoms with Gasteiger partial charge in [0, 0.05) is 10.3 Å². The van der Waals surface area contributed by atoms with E-state index in [0.29, 0.717) is 5.56 Å². The number of carbonyl (C=O) groups excluding carboxylic acids is 3. The van der Waals surface area contributed by atoms with Crippen LogP contribution >= 0.6 is 11.8 Å². The highest BCUT2D eigenvalue weighted by Crippen LogP contribution is 2.55. The summed E-state index contributed by atoms with van der Waals surface area (Å²) in [5.74, 6) is -2.81. The molecule has 3 atom stereocenters. The zero-order valence-corrected chi connectivity index (χ0v) is 16.6. The van der Waals surface area contributed by atoms with Gasteiger partial charge in [-0.3, -0.25) is 14.4 Å². The van der Waals surface area contributed by atoms with Crippen molar-refractivity contribution in [3.8, 4) is 0 Å². The first kappa shape index (κ1) is 19.4. The van der Waals surface area contributed by atoms with Crippen LogP contribution in [0.2, 0.25) is 0 Å². The van der Waals surface area contributed by atoms with Crippen molar-refractivity contribution in [2.75, 3.05) is 0 Å². The van der Waals surface area contributed by atoms with Crippen molar-refractivity contribution in [2.24, 2.45) is 0 Å². The molecule has 144 valence electrons. The van der Waals surface area contributed by atoms with Crippen molar-refractivity contribution >= 4 is 35.3 Å². The predicted molar refractivity (Wildman–Crippen MR) is 101 cm³/mol. The number of carbonyl (C=O) groups is 4. The van der Waals surface area contributed by atoms with Crippen LogP contribution in [0, 0.1) is 13.8 Å². The molecule has 8 heteroatoms. The fourth-order valence-corrected chi connectivity index (χ4v) is 5.65. The largest absolute Gasteiger partial charge is 0.480 e. The minimum atomic E-state index is -1.74. The number of carboxylic acids is 1. The Morgan fingerprint density at radius 3 is 2.37 bits per heavy atom. The standard InChI is InChI=1S/C19H22N2O5S/c1-9-6-7-12(10(2)8-9)14(23)20-19(11(3)22)16(26)21-13(15(24)25)18(4,5)27-17(19)21/h6-8,13,17H,1-5H3,(H,20,23)(H,24,25)/t13-,17+,19?/m0/s1. The van der Waals surface area contributed by atoms with Gasteiger partial charge in [-0.2, -0.15) is 0 Å². The molecule has 1 aromatic rings. The van der Waals surface area contributed by atoms with Crippen molar-refractivity contribution in [2.45, 2.75) is 56.3 Å². The normalized spacial score (nSPS) is 28.3. The molecular formula is C19H22N2O5S. The molecule has 0 saturated carbocycles. The summed E-state index contributed by atoms with van der Waals surface area (Å²) in [4.78, 5) is 51.1. The van der Waals surface area contributed by atoms with Crippen LogP contribution in [0.3, 0.4) is 0 Å². The number of ketones is 1. The second-order valence-electron chi connectivity index (χ2n) is 7.66. The summed E-state index contributed by atoms with van der Waals surface area (Å²) in [6.07, 6.45) is 0. The average molecular weight is 390 g/mol. The summed E-state index contributed by atoms with van der Waals surface area (Å²) < 4.78 is -0.784. The molecule has 1 aromatic carbocycles. The van der Waals surface area contributed by atoms with E-state index in [1.165, 1.54) is 23.6 Å². The summed E-state index contributed by atoms with van der Waals surface area (Å²) in [7, 11) is 0. The Morgan fingerprint density at radius 1 is 1.22 bits per heavy atom. The maximum absolute atomic E-state index is 12.9. The molecule has 2 heterocycles. The molecule has 0 spiro atoms. The highest BCUT2D eigenvalue weighted by atomic mass is 32.2. The second kappa shape index (κ2) is 6.09. The first-order chi connectivity index (χ1) is 12.4. The number of hydrogen-bond acceptors (Lipinski definition) is 5. The van der Waals surface area contributed by atoms with Crippen molar-refractivity contribution in [1.82, 2.24) is 10.2 Å². The molecule has 2 saturated heterocycles. The first-order valence-corrected chi connectivity index (χ1v) is 9.45. The highest BCUT2D eigenvalue weighted by Gasteiger charge is 2.74. The number of Topliss-reactive ketones (excluding diaryl/α,β-unsaturated/α-hetero) is 1. The summed E-state index contributed by atoms with van der Waals surface area (Å²) in [6, 6.07) is 4.23. The Labute approximate surface area is 161 Å². The molecule has 0 aliphatic carbocycles. The van der Waals surface area contributed by atoms with Gasteiger partial charge in [0.25, 0.3) is 11.8 Å². The second-order valence-corrected chi connectivity index (χ2v) is 9.40. The summed E-state index contributed by atoms with van der Waals surface area (Å²) in [5, 5.41) is 11.4. The fraction of sp³-hybridized carbons (Fsp3) is 0.474. The predicted octanol–water partition coefficient (Wildman–Crippen LogP) is 1.51. The van der Waals surface area contributed by atoms with Crippen LogP contribution in [-0.2, 0) is 14.4 Å². The Hall–Kier alpha value is -2.35. The number of nitrogens with zero attached hydrogens (tertiary/aromatic N) is 1. The van der Waals surface area contributed by atoms with Crippen molar-refractivity contribution in [1.29, 1.82) is 0 Å². The quantitative estimate of drug-likeness (QED) is 0.597. The third-order valence-electron chi connectivity index (χ3n) is 5.27. The van der Waals surface area contributed by atoms with Gasteiger partial charge >= 0.3 is 5.97 Å². The maximum atomic E-state index is 12.9. The number of thioether (sulfide) groups is 1. The van der Waals surface area contributed by atoms with Gasteiger partial charge in [0.2, 0.25) is 5.54 Å². The van der Waals surface area contributed by atoms with Crippen LogP contribution in [0.1, 0.15) is 42.3 Å². The lowest BCUT2D eigenvalue weighted by Gasteiger charge is -2.51. The molecule has 0 bridgehead atoms. The van der Waals surface area contributed by atoms with Crippen LogP contribution in [0.5, 0.6) is 0 Å². The number of rotatable bonds is 4. The maximum Gasteiger partial charge on any atom is 0.327 e. The van der Waals surface area contributed by atoms with Gasteiger partial charge in [0.1, 0.15) is 11.4 Å². The van der Waals surface area contributed by atoms with E-state index in [4.69, 9.17) is 0 Å². The molecule has 2 aliphatic heterocycles. The topological polar surface area (TPSA) is 104 Å². The molecule has 27 heavy (non-hydrogen) atoms. The van der Waals surface area contributed by atoms with Crippen molar-refractivity contribution < 1.29 is 24.3 Å². The third-order valence-corrected chi connectivity index (χ3v) is 6.91. The van der Waals surface area contributed by atoms with E-state index in [2.05, 4.69) is 5.32 Å². The number of amides is 2. The number of fused-ring (bicyclic) bond motifs is 1. The minimum absolute atomic E-state index is 0.379. The highest BCUT2D eigenvalue weighted by molar-refractivity contribution is 8.01. The van der Waals surface area contributed by atoms with Crippen LogP contribution in [0.25, 0.3) is 0 Å². The van der Waals surface area contributed by atoms with Crippen LogP contribution in [-0.4, -0.2) is 55.3 Å². The molecule has 0 radical (unpaired) electrons. The SMILES string of the molecule is CC(=O)C1(NC(=O)c2ccc(C)cc2C)C(=O)N2[C@@H](C(=O)O)C(C)(C)S[C@@H]21. The number of hydrogen-bond donors (Lipinski definition) is 2. The van der Waals surface area contributed by atoms with E-state index in [0.717, 1.165) is 11.1 Å². The van der Waals surface area contributed by atoms with E-state index >= 15 is 0 Å². The number of carboxylic acid groups (broad SMARTS) is 1. The lowest BCUT2D eigenvalue weighted by molar-refractivity contribution is -0.170. The minimum Gasteiger partial charge on any atom is -0.480 e. The van der Waals surface area contributed by atoms with Crippen LogP contribution < -0.4 is 5.32 Å². The molecule has 2 N–H and O–H groups in total. The number of benzene rings is 1. The fourth-order valence-electron chi connectivity index (χ4n) is 3.90. The van der Waals surface area contributed by atoms with Gasteiger partial charge in [-0.1, -0.05) is 17.7 Å². The zero-order valence-electron chi connectivity index (χ0n) is 15.8. The zero-order chi connectivity index (χ0) is 20.3. The van der Waals surface area contributed by atoms with E-state index in [1.54, 1.807) is 32.9 Å². The summed E-state index contributed by atoms with van der Waals surface area (Å²) >= 11 is 1.23. The average Bonchev–Trinajstić information content (AvgIpc) is 2.80. The van der Waals surface area contributed by atoms with Crippen molar-refractivity contribution in [3.05, 3.63) is 34.9 Å². The smallest absolute Gasteiger partial charge is 0.327 e. The van der Waals surface area contributed by atoms with E-state index in [9.17, 15) is 24.3 Å². The monoisotopic (exact) mass is 390 g/mol. The third kappa shape index (κ3) is 2.65. The molecule has 2 amide bonds. The molecule has 3 rings (SSSR count). The molecular weight excluding hydrogens is 368 g/mol. The summed E-state index contributed by atoms with van der Waals surface area (Å²) in [6.45, 7) is 8.38. The summed E-state index contributed by atoms with van der Waals surface area (Å²) in [5.41, 5.74) is 0.372. The molecule has 1 unspecified atom stereocenters. The van der Waals surface area contributed by atoms with E-state index < -0.39 is 45.3 Å². The Balaban J connectivity index is 1.97. The Morgan fingerprint density at radius 2 is 1.85 bits per heavy atom. The van der Waals surface area contributed by atoms with Crippen LogP contribution in [0.4, 0.5) is 0 Å². The molecule has 2 aliphatic rings. The lowest BCUT2D eigenvalue weighted by Crippen LogP contribution is -2.82. The first-order valence-electron chi connectivity index (χ1n) is 8.57. The number of β-lactam (4-membered cyclic amide) rings is 1. The number of aryl methyl sites for hydroxylation is 2. The van der Waals surface area contributed by atoms with Gasteiger partial charge in [-0.15, -0.1) is 11.8 Å². The number of aliphatic carboxylic acids is 1. The van der Waals surface area contributed by atoms with Gasteiger partial charge in [-0.05, 0) is 46.2 Å². The molecule has 7 nitrogen and oxygen atoms in total. The molecule has 0 aromatic heterocycles. The molecule has 2 fully saturated rings. The van der Waals surface area contributed by atoms with Gasteiger partial charge in [-0.25, -0.2) is 4.79 Å². The Kier molecular flexibility index (Phi) is 4.38. The van der Waals surface area contributed by atoms with Gasteiger partial charge < -0.3 is 15.3 Å². The van der Waals surface area contributed by atoms with Crippen molar-refractivity contribution in [3.63, 3.8) is 0 Å². The van der Waals surface area contributed by atoms with Gasteiger partial charge in [0.15, 0.2) is 5.78 Å². The van der Waals surface area contributed by atoms with Crippen LogP contribution in [0.15, 0.2) is 18.2 Å².